The van der Waals surface area contributed by atoms with Crippen molar-refractivity contribution in [2.75, 3.05) is 38.2 Å². The Balaban J connectivity index is 1.58. The largest absolute Gasteiger partial charge is 0.341 e. The second-order valence-corrected chi connectivity index (χ2v) is 6.90. The van der Waals surface area contributed by atoms with E-state index in [1.54, 1.807) is 11.8 Å². The Labute approximate surface area is 131 Å². The Kier molecular flexibility index (Phi) is 4.86. The van der Waals surface area contributed by atoms with E-state index >= 15 is 0 Å². The highest BCUT2D eigenvalue weighted by molar-refractivity contribution is 7.99. The normalized spacial score (nSPS) is 20.3. The van der Waals surface area contributed by atoms with E-state index in [4.69, 9.17) is 0 Å². The molecular formula is C17H24N2OS. The molecule has 0 N–H and O–H groups in total. The number of hydrogen-bond donors (Lipinski definition) is 0. The van der Waals surface area contributed by atoms with Gasteiger partial charge in [-0.3, -0.25) is 9.69 Å². The van der Waals surface area contributed by atoms with Crippen molar-refractivity contribution in [3.8, 4) is 0 Å². The van der Waals surface area contributed by atoms with Crippen LogP contribution < -0.4 is 0 Å². The van der Waals surface area contributed by atoms with Crippen LogP contribution in [0.15, 0.2) is 24.3 Å². The van der Waals surface area contributed by atoms with Crippen molar-refractivity contribution in [1.29, 1.82) is 0 Å². The molecule has 0 radical (unpaired) electrons. The van der Waals surface area contributed by atoms with E-state index in [0.717, 1.165) is 32.6 Å². The van der Waals surface area contributed by atoms with Gasteiger partial charge in [0.2, 0.25) is 5.91 Å². The minimum absolute atomic E-state index is 0.305. The average molecular weight is 304 g/mol. The SMILES string of the molecule is CSCC(=O)N1CCCN(C2Cc3ccccc3C2)CC1. The Morgan fingerprint density at radius 3 is 2.52 bits per heavy atom. The molecule has 0 aromatic heterocycles. The van der Waals surface area contributed by atoms with Gasteiger partial charge in [0, 0.05) is 32.2 Å². The van der Waals surface area contributed by atoms with Gasteiger partial charge >= 0.3 is 0 Å². The van der Waals surface area contributed by atoms with E-state index in [1.165, 1.54) is 24.0 Å². The molecule has 1 amide bonds. The van der Waals surface area contributed by atoms with Gasteiger partial charge in [-0.25, -0.2) is 0 Å². The van der Waals surface area contributed by atoms with Crippen molar-refractivity contribution in [2.24, 2.45) is 0 Å². The first kappa shape index (κ1) is 14.9. The van der Waals surface area contributed by atoms with Crippen molar-refractivity contribution in [3.05, 3.63) is 35.4 Å². The van der Waals surface area contributed by atoms with Crippen molar-refractivity contribution >= 4 is 17.7 Å². The van der Waals surface area contributed by atoms with E-state index in [-0.39, 0.29) is 0 Å². The van der Waals surface area contributed by atoms with Crippen LogP contribution in [0.25, 0.3) is 0 Å². The molecule has 0 bridgehead atoms. The zero-order chi connectivity index (χ0) is 14.7. The fraction of sp³-hybridized carbons (Fsp3) is 0.588. The highest BCUT2D eigenvalue weighted by Gasteiger charge is 2.28. The quantitative estimate of drug-likeness (QED) is 0.854. The summed E-state index contributed by atoms with van der Waals surface area (Å²) >= 11 is 1.62. The Bertz CT molecular complexity index is 480. The molecule has 1 aromatic carbocycles. The fourth-order valence-electron chi connectivity index (χ4n) is 3.56. The lowest BCUT2D eigenvalue weighted by molar-refractivity contribution is -0.128. The summed E-state index contributed by atoms with van der Waals surface area (Å²) in [5, 5.41) is 0. The monoisotopic (exact) mass is 304 g/mol. The molecule has 1 fully saturated rings. The lowest BCUT2D eigenvalue weighted by Gasteiger charge is -2.27. The summed E-state index contributed by atoms with van der Waals surface area (Å²) in [5.41, 5.74) is 3.03. The van der Waals surface area contributed by atoms with Crippen LogP contribution in [-0.2, 0) is 17.6 Å². The Morgan fingerprint density at radius 2 is 1.86 bits per heavy atom. The van der Waals surface area contributed by atoms with Gasteiger partial charge < -0.3 is 4.90 Å². The maximum atomic E-state index is 12.0. The van der Waals surface area contributed by atoms with Gasteiger partial charge in [-0.2, -0.15) is 11.8 Å². The van der Waals surface area contributed by atoms with Crippen molar-refractivity contribution in [1.82, 2.24) is 9.80 Å². The van der Waals surface area contributed by atoms with Crippen LogP contribution in [0.2, 0.25) is 0 Å². The maximum Gasteiger partial charge on any atom is 0.232 e. The van der Waals surface area contributed by atoms with E-state index < -0.39 is 0 Å². The molecule has 4 heteroatoms. The molecule has 1 saturated heterocycles. The van der Waals surface area contributed by atoms with E-state index in [0.29, 0.717) is 17.7 Å². The topological polar surface area (TPSA) is 23.6 Å². The van der Waals surface area contributed by atoms with Gasteiger partial charge in [0.15, 0.2) is 0 Å². The molecule has 114 valence electrons. The van der Waals surface area contributed by atoms with Crippen LogP contribution in [0.3, 0.4) is 0 Å². The van der Waals surface area contributed by atoms with E-state index in [9.17, 15) is 4.79 Å². The first-order valence-electron chi connectivity index (χ1n) is 7.85. The first-order valence-corrected chi connectivity index (χ1v) is 9.25. The van der Waals surface area contributed by atoms with Crippen molar-refractivity contribution in [2.45, 2.75) is 25.3 Å². The summed E-state index contributed by atoms with van der Waals surface area (Å²) in [6.07, 6.45) is 5.45. The van der Waals surface area contributed by atoms with E-state index in [2.05, 4.69) is 34.1 Å². The molecule has 3 nitrogen and oxygen atoms in total. The molecule has 2 aliphatic rings. The second kappa shape index (κ2) is 6.84. The zero-order valence-electron chi connectivity index (χ0n) is 12.8. The standard InChI is InChI=1S/C17H24N2OS/c1-21-13-17(20)19-8-4-7-18(9-10-19)16-11-14-5-2-3-6-15(14)12-16/h2-3,5-6,16H,4,7-13H2,1H3. The maximum absolute atomic E-state index is 12.0. The number of carbonyl (C=O) groups is 1. The number of rotatable bonds is 3. The predicted molar refractivity (Wildman–Crippen MR) is 88.8 cm³/mol. The molecule has 1 aliphatic heterocycles. The van der Waals surface area contributed by atoms with Gasteiger partial charge in [-0.1, -0.05) is 24.3 Å². The van der Waals surface area contributed by atoms with Gasteiger partial charge in [-0.15, -0.1) is 0 Å². The van der Waals surface area contributed by atoms with Crippen LogP contribution in [0.1, 0.15) is 17.5 Å². The molecular weight excluding hydrogens is 280 g/mol. The van der Waals surface area contributed by atoms with Gasteiger partial charge in [-0.05, 0) is 36.6 Å². The van der Waals surface area contributed by atoms with Crippen LogP contribution in [-0.4, -0.2) is 59.9 Å². The lowest BCUT2D eigenvalue weighted by Crippen LogP contribution is -2.40. The lowest BCUT2D eigenvalue weighted by atomic mass is 10.1. The number of fused-ring (bicyclic) bond motifs is 1. The highest BCUT2D eigenvalue weighted by Crippen LogP contribution is 2.26. The van der Waals surface area contributed by atoms with E-state index in [1.807, 2.05) is 6.26 Å². The molecule has 21 heavy (non-hydrogen) atoms. The summed E-state index contributed by atoms with van der Waals surface area (Å²) < 4.78 is 0. The van der Waals surface area contributed by atoms with Gasteiger partial charge in [0.25, 0.3) is 0 Å². The minimum atomic E-state index is 0.305. The number of benzene rings is 1. The fourth-order valence-corrected chi connectivity index (χ4v) is 3.99. The highest BCUT2D eigenvalue weighted by atomic mass is 32.2. The number of thioether (sulfide) groups is 1. The van der Waals surface area contributed by atoms with Gasteiger partial charge in [0.1, 0.15) is 0 Å². The number of amides is 1. The Morgan fingerprint density at radius 1 is 1.14 bits per heavy atom. The smallest absolute Gasteiger partial charge is 0.232 e. The third-order valence-corrected chi connectivity index (χ3v) is 5.23. The molecule has 0 atom stereocenters. The molecule has 0 saturated carbocycles. The third kappa shape index (κ3) is 3.43. The molecule has 0 spiro atoms. The number of carbonyl (C=O) groups excluding carboxylic acids is 1. The third-order valence-electron chi connectivity index (χ3n) is 4.70. The van der Waals surface area contributed by atoms with Crippen molar-refractivity contribution < 1.29 is 4.79 Å². The van der Waals surface area contributed by atoms with Crippen LogP contribution in [0, 0.1) is 0 Å². The Hall–Kier alpha value is -1.00. The molecule has 1 aliphatic carbocycles. The number of hydrogen-bond acceptors (Lipinski definition) is 3. The van der Waals surface area contributed by atoms with Crippen LogP contribution >= 0.6 is 11.8 Å². The molecule has 1 aromatic rings. The average Bonchev–Trinajstić information content (AvgIpc) is 2.76. The summed E-state index contributed by atoms with van der Waals surface area (Å²) in [5.74, 6) is 0.925. The summed E-state index contributed by atoms with van der Waals surface area (Å²) in [6.45, 7) is 3.97. The number of nitrogens with zero attached hydrogens (tertiary/aromatic N) is 2. The molecule has 3 rings (SSSR count). The van der Waals surface area contributed by atoms with Crippen LogP contribution in [0.4, 0.5) is 0 Å². The minimum Gasteiger partial charge on any atom is -0.341 e. The summed E-state index contributed by atoms with van der Waals surface area (Å²) in [6, 6.07) is 9.46. The molecule has 0 unspecified atom stereocenters. The molecule has 1 heterocycles. The van der Waals surface area contributed by atoms with Gasteiger partial charge in [0.05, 0.1) is 5.75 Å². The van der Waals surface area contributed by atoms with Crippen LogP contribution in [0.5, 0.6) is 0 Å². The second-order valence-electron chi connectivity index (χ2n) is 6.03. The summed E-state index contributed by atoms with van der Waals surface area (Å²) in [7, 11) is 0. The first-order chi connectivity index (χ1) is 10.3. The summed E-state index contributed by atoms with van der Waals surface area (Å²) in [4.78, 5) is 16.7. The zero-order valence-corrected chi connectivity index (χ0v) is 13.6. The van der Waals surface area contributed by atoms with Crippen molar-refractivity contribution in [3.63, 3.8) is 0 Å². The predicted octanol–water partition coefficient (Wildman–Crippen LogP) is 2.05.